The highest BCUT2D eigenvalue weighted by atomic mass is 16.6. The summed E-state index contributed by atoms with van der Waals surface area (Å²) in [5.41, 5.74) is 0. The number of alkyl carbamates (subject to hydrolysis) is 2. The molecule has 0 aliphatic heterocycles. The van der Waals surface area contributed by atoms with Gasteiger partial charge in [0.2, 0.25) is 0 Å². The van der Waals surface area contributed by atoms with E-state index in [0.717, 1.165) is 0 Å². The fourth-order valence-electron chi connectivity index (χ4n) is 1.35. The Hall–Kier alpha value is -1.54. The van der Waals surface area contributed by atoms with Crippen LogP contribution < -0.4 is 10.6 Å². The zero-order valence-corrected chi connectivity index (χ0v) is 12.4. The summed E-state index contributed by atoms with van der Waals surface area (Å²) >= 11 is 0. The van der Waals surface area contributed by atoms with E-state index in [4.69, 9.17) is 18.9 Å². The molecule has 20 heavy (non-hydrogen) atoms. The number of carbonyl (C=O) groups excluding carboxylic acids is 2. The Bertz CT molecular complexity index is 259. The van der Waals surface area contributed by atoms with Gasteiger partial charge in [-0.1, -0.05) is 0 Å². The summed E-state index contributed by atoms with van der Waals surface area (Å²) in [5, 5.41) is 4.95. The molecule has 0 spiro atoms. The number of ether oxygens (including phenoxy) is 4. The SMILES string of the molecule is CCOC(=O)NC(OCC)C(NC(=O)OCC)OCC. The molecule has 8 nitrogen and oxygen atoms in total. The second-order valence-electron chi connectivity index (χ2n) is 3.48. The van der Waals surface area contributed by atoms with Crippen molar-refractivity contribution in [3.63, 3.8) is 0 Å². The van der Waals surface area contributed by atoms with Crippen molar-refractivity contribution in [2.45, 2.75) is 40.2 Å². The van der Waals surface area contributed by atoms with Gasteiger partial charge in [0.05, 0.1) is 13.2 Å². The monoisotopic (exact) mass is 292 g/mol. The van der Waals surface area contributed by atoms with Crippen LogP contribution in [0.3, 0.4) is 0 Å². The molecular formula is C12H24N2O6. The first-order valence-corrected chi connectivity index (χ1v) is 6.68. The average Bonchev–Trinajstić information content (AvgIpc) is 2.38. The molecule has 0 fully saturated rings. The third kappa shape index (κ3) is 7.80. The van der Waals surface area contributed by atoms with Crippen LogP contribution in [0.4, 0.5) is 9.59 Å². The van der Waals surface area contributed by atoms with Crippen molar-refractivity contribution in [3.8, 4) is 0 Å². The van der Waals surface area contributed by atoms with E-state index in [1.165, 1.54) is 0 Å². The summed E-state index contributed by atoms with van der Waals surface area (Å²) in [6, 6.07) is 0. The summed E-state index contributed by atoms with van der Waals surface area (Å²) in [4.78, 5) is 22.9. The molecule has 2 N–H and O–H groups in total. The van der Waals surface area contributed by atoms with Crippen molar-refractivity contribution in [1.82, 2.24) is 10.6 Å². The van der Waals surface area contributed by atoms with Gasteiger partial charge in [0.1, 0.15) is 0 Å². The maximum atomic E-state index is 11.4. The van der Waals surface area contributed by atoms with Crippen molar-refractivity contribution in [2.24, 2.45) is 0 Å². The molecule has 0 radical (unpaired) electrons. The van der Waals surface area contributed by atoms with Crippen molar-refractivity contribution < 1.29 is 28.5 Å². The van der Waals surface area contributed by atoms with Gasteiger partial charge in [-0.3, -0.25) is 10.6 Å². The van der Waals surface area contributed by atoms with Crippen molar-refractivity contribution in [1.29, 1.82) is 0 Å². The molecule has 8 heteroatoms. The summed E-state index contributed by atoms with van der Waals surface area (Å²) in [6.45, 7) is 8.00. The van der Waals surface area contributed by atoms with E-state index in [9.17, 15) is 9.59 Å². The molecule has 0 aromatic carbocycles. The number of hydrogen-bond acceptors (Lipinski definition) is 6. The van der Waals surface area contributed by atoms with Gasteiger partial charge in [0.25, 0.3) is 0 Å². The maximum Gasteiger partial charge on any atom is 0.409 e. The predicted octanol–water partition coefficient (Wildman–Crippen LogP) is 1.20. The van der Waals surface area contributed by atoms with Crippen LogP contribution in [0.5, 0.6) is 0 Å². The van der Waals surface area contributed by atoms with Crippen LogP contribution in [0, 0.1) is 0 Å². The van der Waals surface area contributed by atoms with Gasteiger partial charge in [-0.2, -0.15) is 0 Å². The molecule has 0 aliphatic rings. The minimum absolute atomic E-state index is 0.231. The minimum atomic E-state index is -0.872. The van der Waals surface area contributed by atoms with Gasteiger partial charge in [-0.15, -0.1) is 0 Å². The second-order valence-corrected chi connectivity index (χ2v) is 3.48. The Morgan fingerprint density at radius 2 is 1.10 bits per heavy atom. The van der Waals surface area contributed by atoms with Crippen molar-refractivity contribution >= 4 is 12.2 Å². The number of rotatable bonds is 9. The fourth-order valence-corrected chi connectivity index (χ4v) is 1.35. The largest absolute Gasteiger partial charge is 0.450 e. The minimum Gasteiger partial charge on any atom is -0.450 e. The lowest BCUT2D eigenvalue weighted by molar-refractivity contribution is -0.0912. The standard InChI is InChI=1S/C12H24N2O6/c1-5-17-9(13-11(15)19-7-3)10(18-6-2)14-12(16)20-8-4/h9-10H,5-8H2,1-4H3,(H,13,15)(H,14,16). The van der Waals surface area contributed by atoms with E-state index < -0.39 is 24.6 Å². The average molecular weight is 292 g/mol. The first-order valence-electron chi connectivity index (χ1n) is 6.68. The first kappa shape index (κ1) is 18.5. The molecule has 118 valence electrons. The number of carbonyl (C=O) groups is 2. The van der Waals surface area contributed by atoms with E-state index in [2.05, 4.69) is 10.6 Å². The molecule has 0 heterocycles. The van der Waals surface area contributed by atoms with E-state index >= 15 is 0 Å². The second kappa shape index (κ2) is 11.3. The lowest BCUT2D eigenvalue weighted by atomic mass is 10.4. The van der Waals surface area contributed by atoms with E-state index in [0.29, 0.717) is 13.2 Å². The number of hydrogen-bond donors (Lipinski definition) is 2. The van der Waals surface area contributed by atoms with Gasteiger partial charge in [-0.25, -0.2) is 9.59 Å². The molecule has 2 atom stereocenters. The van der Waals surface area contributed by atoms with E-state index in [1.807, 2.05) is 0 Å². The van der Waals surface area contributed by atoms with Gasteiger partial charge >= 0.3 is 12.2 Å². The molecular weight excluding hydrogens is 268 g/mol. The highest BCUT2D eigenvalue weighted by Crippen LogP contribution is 2.01. The summed E-state index contributed by atoms with van der Waals surface area (Å²) in [5.74, 6) is 0. The van der Waals surface area contributed by atoms with Crippen LogP contribution in [0.25, 0.3) is 0 Å². The normalized spacial score (nSPS) is 13.2. The Labute approximate surface area is 119 Å². The molecule has 0 aromatic heterocycles. The predicted molar refractivity (Wildman–Crippen MR) is 71.1 cm³/mol. The zero-order chi connectivity index (χ0) is 15.4. The highest BCUT2D eigenvalue weighted by Gasteiger charge is 2.26. The van der Waals surface area contributed by atoms with Crippen LogP contribution >= 0.6 is 0 Å². The van der Waals surface area contributed by atoms with Gasteiger partial charge in [-0.05, 0) is 27.7 Å². The highest BCUT2D eigenvalue weighted by molar-refractivity contribution is 5.69. The van der Waals surface area contributed by atoms with Crippen LogP contribution in [0.1, 0.15) is 27.7 Å². The van der Waals surface area contributed by atoms with Gasteiger partial charge in [0.15, 0.2) is 12.5 Å². The quantitative estimate of drug-likeness (QED) is 0.620. The Morgan fingerprint density at radius 1 is 0.750 bits per heavy atom. The maximum absolute atomic E-state index is 11.4. The lowest BCUT2D eigenvalue weighted by Gasteiger charge is -2.27. The van der Waals surface area contributed by atoms with Crippen molar-refractivity contribution in [2.75, 3.05) is 26.4 Å². The van der Waals surface area contributed by atoms with Crippen LogP contribution in [-0.4, -0.2) is 51.1 Å². The molecule has 0 saturated heterocycles. The van der Waals surface area contributed by atoms with Crippen molar-refractivity contribution in [3.05, 3.63) is 0 Å². The summed E-state index contributed by atoms with van der Waals surface area (Å²) in [7, 11) is 0. The fraction of sp³-hybridized carbons (Fsp3) is 0.833. The third-order valence-electron chi connectivity index (χ3n) is 2.04. The van der Waals surface area contributed by atoms with Gasteiger partial charge < -0.3 is 18.9 Å². The molecule has 0 rings (SSSR count). The van der Waals surface area contributed by atoms with E-state index in [1.54, 1.807) is 27.7 Å². The number of nitrogens with one attached hydrogen (secondary N) is 2. The van der Waals surface area contributed by atoms with E-state index in [-0.39, 0.29) is 13.2 Å². The zero-order valence-electron chi connectivity index (χ0n) is 12.4. The molecule has 2 amide bonds. The smallest absolute Gasteiger partial charge is 0.409 e. The summed E-state index contributed by atoms with van der Waals surface area (Å²) < 4.78 is 20.2. The van der Waals surface area contributed by atoms with Crippen LogP contribution in [0.15, 0.2) is 0 Å². The lowest BCUT2D eigenvalue weighted by Crippen LogP contribution is -2.54. The summed E-state index contributed by atoms with van der Waals surface area (Å²) in [6.07, 6.45) is -3.05. The molecule has 0 saturated carbocycles. The molecule has 0 bridgehead atoms. The molecule has 2 unspecified atom stereocenters. The molecule has 0 aliphatic carbocycles. The Morgan fingerprint density at radius 3 is 1.35 bits per heavy atom. The third-order valence-corrected chi connectivity index (χ3v) is 2.04. The van der Waals surface area contributed by atoms with Crippen LogP contribution in [-0.2, 0) is 18.9 Å². The number of amides is 2. The molecule has 0 aromatic rings. The van der Waals surface area contributed by atoms with Crippen LogP contribution in [0.2, 0.25) is 0 Å². The Balaban J connectivity index is 4.65. The Kier molecular flexibility index (Phi) is 10.4. The topological polar surface area (TPSA) is 95.1 Å². The van der Waals surface area contributed by atoms with Gasteiger partial charge in [0, 0.05) is 13.2 Å². The first-order chi connectivity index (χ1) is 9.58.